The van der Waals surface area contributed by atoms with Gasteiger partial charge in [0.05, 0.1) is 0 Å². The molecule has 1 amide bonds. The molecule has 0 fully saturated rings. The first-order valence-electron chi connectivity index (χ1n) is 7.31. The molecule has 0 aliphatic rings. The Morgan fingerprint density at radius 3 is 2.59 bits per heavy atom. The molecule has 0 aromatic heterocycles. The smallest absolute Gasteiger partial charge is 0.248 e. The van der Waals surface area contributed by atoms with Crippen LogP contribution in [-0.2, 0) is 4.79 Å². The summed E-state index contributed by atoms with van der Waals surface area (Å²) < 4.78 is 13.1. The standard InChI is InChI=1S/C19H20FNO/c1-13(2)17-9-4-6-14(3)19(17)21-18(22)11-10-15-7-5-8-16(20)12-15/h4-13H,1-3H3,(H,21,22)/b11-10+. The van der Waals surface area contributed by atoms with Gasteiger partial charge in [-0.15, -0.1) is 0 Å². The van der Waals surface area contributed by atoms with Crippen molar-refractivity contribution in [2.45, 2.75) is 26.7 Å². The van der Waals surface area contributed by atoms with Gasteiger partial charge in [-0.2, -0.15) is 0 Å². The zero-order valence-corrected chi connectivity index (χ0v) is 13.1. The zero-order valence-electron chi connectivity index (χ0n) is 13.1. The Balaban J connectivity index is 2.16. The van der Waals surface area contributed by atoms with Crippen molar-refractivity contribution in [3.8, 4) is 0 Å². The van der Waals surface area contributed by atoms with Gasteiger partial charge in [-0.25, -0.2) is 4.39 Å². The van der Waals surface area contributed by atoms with Crippen LogP contribution in [0, 0.1) is 12.7 Å². The van der Waals surface area contributed by atoms with Crippen LogP contribution in [-0.4, -0.2) is 5.91 Å². The van der Waals surface area contributed by atoms with Crippen molar-refractivity contribution in [1.29, 1.82) is 0 Å². The van der Waals surface area contributed by atoms with Gasteiger partial charge in [0, 0.05) is 11.8 Å². The highest BCUT2D eigenvalue weighted by Crippen LogP contribution is 2.27. The van der Waals surface area contributed by atoms with Gasteiger partial charge in [0.1, 0.15) is 5.82 Å². The van der Waals surface area contributed by atoms with Crippen molar-refractivity contribution in [2.24, 2.45) is 0 Å². The Morgan fingerprint density at radius 1 is 1.18 bits per heavy atom. The molecule has 3 heteroatoms. The van der Waals surface area contributed by atoms with Crippen LogP contribution >= 0.6 is 0 Å². The highest BCUT2D eigenvalue weighted by atomic mass is 19.1. The second-order valence-electron chi connectivity index (χ2n) is 5.57. The predicted octanol–water partition coefficient (Wildman–Crippen LogP) is 4.91. The van der Waals surface area contributed by atoms with Gasteiger partial charge in [0.15, 0.2) is 0 Å². The molecule has 2 aromatic rings. The highest BCUT2D eigenvalue weighted by molar-refractivity contribution is 6.02. The maximum absolute atomic E-state index is 13.1. The Hall–Kier alpha value is -2.42. The third-order valence-electron chi connectivity index (χ3n) is 3.45. The van der Waals surface area contributed by atoms with Gasteiger partial charge >= 0.3 is 0 Å². The fourth-order valence-electron chi connectivity index (χ4n) is 2.29. The van der Waals surface area contributed by atoms with Gasteiger partial charge in [0.25, 0.3) is 0 Å². The lowest BCUT2D eigenvalue weighted by molar-refractivity contribution is -0.111. The van der Waals surface area contributed by atoms with Crippen molar-refractivity contribution in [1.82, 2.24) is 0 Å². The summed E-state index contributed by atoms with van der Waals surface area (Å²) in [5.41, 5.74) is 3.64. The van der Waals surface area contributed by atoms with E-state index in [1.54, 1.807) is 18.2 Å². The van der Waals surface area contributed by atoms with Crippen LogP contribution < -0.4 is 5.32 Å². The van der Waals surface area contributed by atoms with E-state index in [0.717, 1.165) is 16.8 Å². The molecule has 1 N–H and O–H groups in total. The van der Waals surface area contributed by atoms with E-state index in [-0.39, 0.29) is 11.7 Å². The summed E-state index contributed by atoms with van der Waals surface area (Å²) in [6.45, 7) is 6.15. The van der Waals surface area contributed by atoms with Crippen LogP contribution in [0.3, 0.4) is 0 Å². The van der Waals surface area contributed by atoms with E-state index in [9.17, 15) is 9.18 Å². The molecule has 0 saturated heterocycles. The van der Waals surface area contributed by atoms with Gasteiger partial charge in [-0.3, -0.25) is 4.79 Å². The van der Waals surface area contributed by atoms with Crippen LogP contribution in [0.4, 0.5) is 10.1 Å². The molecule has 0 saturated carbocycles. The first kappa shape index (κ1) is 16.0. The van der Waals surface area contributed by atoms with Gasteiger partial charge in [-0.1, -0.05) is 44.2 Å². The number of amides is 1. The number of para-hydroxylation sites is 1. The lowest BCUT2D eigenvalue weighted by Crippen LogP contribution is -2.11. The fraction of sp³-hybridized carbons (Fsp3) is 0.211. The SMILES string of the molecule is Cc1cccc(C(C)C)c1NC(=O)/C=C/c1cccc(F)c1. The number of rotatable bonds is 4. The van der Waals surface area contributed by atoms with Crippen LogP contribution in [0.15, 0.2) is 48.5 Å². The van der Waals surface area contributed by atoms with E-state index < -0.39 is 0 Å². The van der Waals surface area contributed by atoms with Crippen LogP contribution in [0.2, 0.25) is 0 Å². The summed E-state index contributed by atoms with van der Waals surface area (Å²) in [5.74, 6) is -0.216. The minimum Gasteiger partial charge on any atom is -0.322 e. The van der Waals surface area contributed by atoms with Crippen LogP contribution in [0.5, 0.6) is 0 Å². The Kier molecular flexibility index (Phi) is 5.10. The molecular weight excluding hydrogens is 277 g/mol. The first-order chi connectivity index (χ1) is 10.5. The summed E-state index contributed by atoms with van der Waals surface area (Å²) >= 11 is 0. The third-order valence-corrected chi connectivity index (χ3v) is 3.45. The van der Waals surface area contributed by atoms with E-state index in [0.29, 0.717) is 11.5 Å². The second kappa shape index (κ2) is 7.03. The molecule has 0 aliphatic carbocycles. The quantitative estimate of drug-likeness (QED) is 0.798. The van der Waals surface area contributed by atoms with Crippen LogP contribution in [0.1, 0.15) is 36.5 Å². The topological polar surface area (TPSA) is 29.1 Å². The van der Waals surface area contributed by atoms with E-state index in [1.807, 2.05) is 25.1 Å². The maximum atomic E-state index is 13.1. The van der Waals surface area contributed by atoms with E-state index >= 15 is 0 Å². The van der Waals surface area contributed by atoms with E-state index in [4.69, 9.17) is 0 Å². The predicted molar refractivity (Wildman–Crippen MR) is 89.3 cm³/mol. The van der Waals surface area contributed by atoms with Crippen molar-refractivity contribution in [3.05, 3.63) is 71.0 Å². The number of benzene rings is 2. The number of aryl methyl sites for hydroxylation is 1. The molecule has 22 heavy (non-hydrogen) atoms. The molecule has 0 radical (unpaired) electrons. The first-order valence-corrected chi connectivity index (χ1v) is 7.31. The highest BCUT2D eigenvalue weighted by Gasteiger charge is 2.10. The molecule has 0 atom stereocenters. The van der Waals surface area contributed by atoms with Crippen molar-refractivity contribution in [2.75, 3.05) is 5.32 Å². The van der Waals surface area contributed by atoms with E-state index in [2.05, 4.69) is 19.2 Å². The molecule has 2 nitrogen and oxygen atoms in total. The average Bonchev–Trinajstić information content (AvgIpc) is 2.47. The number of anilines is 1. The molecule has 0 spiro atoms. The minimum absolute atomic E-state index is 0.222. The van der Waals surface area contributed by atoms with Crippen molar-refractivity contribution in [3.63, 3.8) is 0 Å². The summed E-state index contributed by atoms with van der Waals surface area (Å²) in [6, 6.07) is 12.1. The number of carbonyl (C=O) groups excluding carboxylic acids is 1. The number of carbonyl (C=O) groups is 1. The van der Waals surface area contributed by atoms with Crippen LogP contribution in [0.25, 0.3) is 6.08 Å². The van der Waals surface area contributed by atoms with Gasteiger partial charge < -0.3 is 5.32 Å². The lowest BCUT2D eigenvalue weighted by Gasteiger charge is -2.15. The molecule has 0 heterocycles. The second-order valence-corrected chi connectivity index (χ2v) is 5.57. The van der Waals surface area contributed by atoms with E-state index in [1.165, 1.54) is 18.2 Å². The summed E-state index contributed by atoms with van der Waals surface area (Å²) in [7, 11) is 0. The Morgan fingerprint density at radius 2 is 1.91 bits per heavy atom. The number of hydrogen-bond acceptors (Lipinski definition) is 1. The largest absolute Gasteiger partial charge is 0.322 e. The normalized spacial score (nSPS) is 11.1. The molecule has 114 valence electrons. The fourth-order valence-corrected chi connectivity index (χ4v) is 2.29. The van der Waals surface area contributed by atoms with Crippen molar-refractivity contribution < 1.29 is 9.18 Å². The number of halogens is 1. The van der Waals surface area contributed by atoms with Crippen molar-refractivity contribution >= 4 is 17.7 Å². The van der Waals surface area contributed by atoms with Gasteiger partial charge in [0.2, 0.25) is 5.91 Å². The summed E-state index contributed by atoms with van der Waals surface area (Å²) in [6.07, 6.45) is 3.02. The minimum atomic E-state index is -0.316. The molecule has 0 aliphatic heterocycles. The van der Waals surface area contributed by atoms with Gasteiger partial charge in [-0.05, 0) is 47.7 Å². The molecule has 0 bridgehead atoms. The molecule has 2 rings (SSSR count). The zero-order chi connectivity index (χ0) is 16.1. The molecular formula is C19H20FNO. The Bertz CT molecular complexity index is 704. The third kappa shape index (κ3) is 4.04. The maximum Gasteiger partial charge on any atom is 0.248 e. The molecule has 0 unspecified atom stereocenters. The summed E-state index contributed by atoms with van der Waals surface area (Å²) in [4.78, 5) is 12.1. The number of hydrogen-bond donors (Lipinski definition) is 1. The molecule has 2 aromatic carbocycles. The monoisotopic (exact) mass is 297 g/mol. The average molecular weight is 297 g/mol. The number of nitrogens with one attached hydrogen (secondary N) is 1. The summed E-state index contributed by atoms with van der Waals surface area (Å²) in [5, 5.41) is 2.93. The Labute approximate surface area is 130 Å². The lowest BCUT2D eigenvalue weighted by atomic mass is 9.98.